The molecule has 3 aromatic rings. The number of carbonyl (C=O) groups is 1. The second-order valence-corrected chi connectivity index (χ2v) is 6.27. The quantitative estimate of drug-likeness (QED) is 0.792. The highest BCUT2D eigenvalue weighted by Gasteiger charge is 2.14. The van der Waals surface area contributed by atoms with Gasteiger partial charge in [-0.15, -0.1) is 11.3 Å². The molecule has 0 saturated carbocycles. The lowest BCUT2D eigenvalue weighted by Crippen LogP contribution is -2.23. The number of hydrogen-bond acceptors (Lipinski definition) is 5. The van der Waals surface area contributed by atoms with Crippen molar-refractivity contribution in [2.24, 2.45) is 7.05 Å². The van der Waals surface area contributed by atoms with Crippen LogP contribution in [0.1, 0.15) is 15.4 Å². The number of rotatable bonds is 3. The van der Waals surface area contributed by atoms with E-state index >= 15 is 0 Å². The lowest BCUT2D eigenvalue weighted by Gasteiger charge is -2.02. The predicted octanol–water partition coefficient (Wildman–Crippen LogP) is 2.60. The molecule has 0 saturated heterocycles. The van der Waals surface area contributed by atoms with Gasteiger partial charge >= 0.3 is 0 Å². The minimum Gasteiger partial charge on any atom is -0.296 e. The van der Waals surface area contributed by atoms with E-state index in [0.717, 1.165) is 15.1 Å². The number of hydrogen-bond donors (Lipinski definition) is 1. The molecular formula is C16H13FN4O2S. The van der Waals surface area contributed by atoms with Gasteiger partial charge in [0.2, 0.25) is 0 Å². The van der Waals surface area contributed by atoms with Crippen LogP contribution in [0.4, 0.5) is 9.52 Å². The van der Waals surface area contributed by atoms with Crippen molar-refractivity contribution in [3.8, 4) is 11.3 Å². The van der Waals surface area contributed by atoms with Gasteiger partial charge in [-0.25, -0.2) is 14.1 Å². The number of aryl methyl sites for hydroxylation is 2. The summed E-state index contributed by atoms with van der Waals surface area (Å²) in [5, 5.41) is 6.97. The molecule has 0 atom stereocenters. The van der Waals surface area contributed by atoms with Gasteiger partial charge in [0.05, 0.1) is 5.69 Å². The number of nitrogens with one attached hydrogen (secondary N) is 1. The van der Waals surface area contributed by atoms with Crippen molar-refractivity contribution in [1.29, 1.82) is 0 Å². The maximum Gasteiger partial charge on any atom is 0.277 e. The fourth-order valence-corrected chi connectivity index (χ4v) is 2.94. The lowest BCUT2D eigenvalue weighted by atomic mass is 10.1. The van der Waals surface area contributed by atoms with Gasteiger partial charge in [-0.3, -0.25) is 14.9 Å². The zero-order valence-electron chi connectivity index (χ0n) is 12.9. The van der Waals surface area contributed by atoms with Crippen molar-refractivity contribution in [2.75, 3.05) is 5.32 Å². The standard InChI is InChI=1S/C16H13FN4O2S/c1-9-14(10-3-5-11(17)6-4-10)18-16(24-9)19-15(23)12-7-8-13(22)21(2)20-12/h3-8H,1-2H3,(H,18,19,23). The topological polar surface area (TPSA) is 76.9 Å². The van der Waals surface area contributed by atoms with Gasteiger partial charge in [-0.1, -0.05) is 0 Å². The number of anilines is 1. The summed E-state index contributed by atoms with van der Waals surface area (Å²) >= 11 is 1.31. The Morgan fingerprint density at radius 1 is 1.21 bits per heavy atom. The summed E-state index contributed by atoms with van der Waals surface area (Å²) in [6, 6.07) is 8.63. The van der Waals surface area contributed by atoms with Crippen molar-refractivity contribution in [2.45, 2.75) is 6.92 Å². The number of amides is 1. The fraction of sp³-hybridized carbons (Fsp3) is 0.125. The zero-order chi connectivity index (χ0) is 17.3. The number of halogens is 1. The molecule has 0 aliphatic rings. The minimum atomic E-state index is -0.454. The third-order valence-electron chi connectivity index (χ3n) is 3.33. The fourth-order valence-electron chi connectivity index (χ4n) is 2.11. The number of thiazole rings is 1. The highest BCUT2D eigenvalue weighted by Crippen LogP contribution is 2.30. The molecule has 1 aromatic carbocycles. The summed E-state index contributed by atoms with van der Waals surface area (Å²) in [6.45, 7) is 1.87. The second-order valence-electron chi connectivity index (χ2n) is 5.07. The molecule has 6 nitrogen and oxygen atoms in total. The molecule has 2 aromatic heterocycles. The second kappa shape index (κ2) is 6.32. The monoisotopic (exact) mass is 344 g/mol. The summed E-state index contributed by atoms with van der Waals surface area (Å²) in [5.74, 6) is -0.772. The SMILES string of the molecule is Cc1sc(NC(=O)c2ccc(=O)n(C)n2)nc1-c1ccc(F)cc1. The van der Waals surface area contributed by atoms with Gasteiger partial charge in [-0.2, -0.15) is 5.10 Å². The van der Waals surface area contributed by atoms with Crippen molar-refractivity contribution < 1.29 is 9.18 Å². The Balaban J connectivity index is 1.84. The van der Waals surface area contributed by atoms with E-state index in [1.54, 1.807) is 12.1 Å². The first-order chi connectivity index (χ1) is 11.4. The molecule has 0 aliphatic carbocycles. The summed E-state index contributed by atoms with van der Waals surface area (Å²) in [6.07, 6.45) is 0. The number of carbonyl (C=O) groups excluding carboxylic acids is 1. The van der Waals surface area contributed by atoms with E-state index in [2.05, 4.69) is 15.4 Å². The van der Waals surface area contributed by atoms with Crippen LogP contribution in [0.3, 0.4) is 0 Å². The van der Waals surface area contributed by atoms with Gasteiger partial charge in [0.15, 0.2) is 5.13 Å². The molecule has 24 heavy (non-hydrogen) atoms. The first-order valence-electron chi connectivity index (χ1n) is 7.03. The minimum absolute atomic E-state index is 0.119. The molecule has 1 amide bonds. The third-order valence-corrected chi connectivity index (χ3v) is 4.21. The average molecular weight is 344 g/mol. The van der Waals surface area contributed by atoms with Crippen LogP contribution in [0.2, 0.25) is 0 Å². The van der Waals surface area contributed by atoms with Gasteiger partial charge < -0.3 is 0 Å². The average Bonchev–Trinajstić information content (AvgIpc) is 2.91. The van der Waals surface area contributed by atoms with Gasteiger partial charge in [0.1, 0.15) is 11.5 Å². The highest BCUT2D eigenvalue weighted by molar-refractivity contribution is 7.16. The Morgan fingerprint density at radius 3 is 2.58 bits per heavy atom. The van der Waals surface area contributed by atoms with E-state index in [1.807, 2.05) is 6.92 Å². The molecule has 1 N–H and O–H groups in total. The smallest absolute Gasteiger partial charge is 0.277 e. The van der Waals surface area contributed by atoms with Crippen molar-refractivity contribution in [1.82, 2.24) is 14.8 Å². The van der Waals surface area contributed by atoms with E-state index < -0.39 is 5.91 Å². The van der Waals surface area contributed by atoms with Gasteiger partial charge in [0, 0.05) is 23.6 Å². The number of aromatic nitrogens is 3. The largest absolute Gasteiger partial charge is 0.296 e. The van der Waals surface area contributed by atoms with Crippen LogP contribution in [0.15, 0.2) is 41.2 Å². The van der Waals surface area contributed by atoms with Crippen molar-refractivity contribution in [3.05, 3.63) is 63.1 Å². The molecule has 0 spiro atoms. The first kappa shape index (κ1) is 16.0. The molecular weight excluding hydrogens is 331 g/mol. The van der Waals surface area contributed by atoms with Gasteiger partial charge in [0.25, 0.3) is 11.5 Å². The Bertz CT molecular complexity index is 963. The maximum atomic E-state index is 13.0. The zero-order valence-corrected chi connectivity index (χ0v) is 13.7. The van der Waals surface area contributed by atoms with Crippen molar-refractivity contribution >= 4 is 22.4 Å². The van der Waals surface area contributed by atoms with Crippen LogP contribution in [0.5, 0.6) is 0 Å². The lowest BCUT2D eigenvalue weighted by molar-refractivity contribution is 0.102. The molecule has 0 bridgehead atoms. The highest BCUT2D eigenvalue weighted by atomic mass is 32.1. The summed E-state index contributed by atoms with van der Waals surface area (Å²) < 4.78 is 14.1. The third kappa shape index (κ3) is 3.23. The molecule has 2 heterocycles. The normalized spacial score (nSPS) is 10.6. The van der Waals surface area contributed by atoms with Crippen molar-refractivity contribution in [3.63, 3.8) is 0 Å². The molecule has 3 rings (SSSR count). The van der Waals surface area contributed by atoms with Crippen LogP contribution < -0.4 is 10.9 Å². The Kier molecular flexibility index (Phi) is 4.22. The van der Waals surface area contributed by atoms with E-state index in [0.29, 0.717) is 10.8 Å². The van der Waals surface area contributed by atoms with Crippen LogP contribution in [0, 0.1) is 12.7 Å². The van der Waals surface area contributed by atoms with E-state index in [-0.39, 0.29) is 17.1 Å². The van der Waals surface area contributed by atoms with Gasteiger partial charge in [-0.05, 0) is 37.3 Å². The van der Waals surface area contributed by atoms with Crippen LogP contribution in [-0.2, 0) is 7.05 Å². The Hall–Kier alpha value is -2.87. The Morgan fingerprint density at radius 2 is 1.92 bits per heavy atom. The molecule has 0 fully saturated rings. The van der Waals surface area contributed by atoms with E-state index in [1.165, 1.54) is 42.6 Å². The summed E-state index contributed by atoms with van der Waals surface area (Å²) in [5.41, 5.74) is 1.28. The van der Waals surface area contributed by atoms with E-state index in [9.17, 15) is 14.0 Å². The Labute approximate surface area is 140 Å². The number of nitrogens with zero attached hydrogens (tertiary/aromatic N) is 3. The molecule has 0 unspecified atom stereocenters. The number of benzene rings is 1. The van der Waals surface area contributed by atoms with E-state index in [4.69, 9.17) is 0 Å². The first-order valence-corrected chi connectivity index (χ1v) is 7.85. The summed E-state index contributed by atoms with van der Waals surface area (Å²) in [4.78, 5) is 28.8. The maximum absolute atomic E-state index is 13.0. The summed E-state index contributed by atoms with van der Waals surface area (Å²) in [7, 11) is 1.47. The molecule has 122 valence electrons. The van der Waals surface area contributed by atoms with Crippen LogP contribution in [-0.4, -0.2) is 20.7 Å². The predicted molar refractivity (Wildman–Crippen MR) is 89.7 cm³/mol. The molecule has 8 heteroatoms. The van der Waals surface area contributed by atoms with Crippen LogP contribution >= 0.6 is 11.3 Å². The molecule has 0 aliphatic heterocycles. The van der Waals surface area contributed by atoms with Crippen LogP contribution in [0.25, 0.3) is 11.3 Å². The molecule has 0 radical (unpaired) electrons.